The first-order chi connectivity index (χ1) is 10.7. The standard InChI is InChI=1S/C17H27N2O3.BrH/c1-3-19(15-11-17(21)22-4-2)16(20)10-6-9-14-18-12-7-5-8-13-18;/h5,7-8,12-13H,3-4,6,9-11,14-15H2,1-2H3;1H/q+1;/p-1. The van der Waals surface area contributed by atoms with Crippen molar-refractivity contribution in [2.75, 3.05) is 19.7 Å². The van der Waals surface area contributed by atoms with E-state index in [1.54, 1.807) is 11.8 Å². The van der Waals surface area contributed by atoms with Crippen LogP contribution in [0.25, 0.3) is 0 Å². The first-order valence-corrected chi connectivity index (χ1v) is 8.04. The number of aryl methyl sites for hydroxylation is 1. The lowest BCUT2D eigenvalue weighted by atomic mass is 10.2. The Morgan fingerprint density at radius 3 is 2.35 bits per heavy atom. The molecule has 0 aliphatic carbocycles. The lowest BCUT2D eigenvalue weighted by Gasteiger charge is -2.20. The molecule has 1 heterocycles. The van der Waals surface area contributed by atoms with Crippen LogP contribution in [0.3, 0.4) is 0 Å². The molecule has 1 rings (SSSR count). The maximum absolute atomic E-state index is 12.1. The smallest absolute Gasteiger partial charge is 0.307 e. The number of amides is 1. The number of carbonyl (C=O) groups is 2. The highest BCUT2D eigenvalue weighted by molar-refractivity contribution is 5.77. The summed E-state index contributed by atoms with van der Waals surface area (Å²) in [4.78, 5) is 25.2. The SMILES string of the molecule is CCOC(=O)CCN(CC)C(=O)CCCC[n+]1ccccc1.[Br-]. The fourth-order valence-corrected chi connectivity index (χ4v) is 2.23. The number of halogens is 1. The summed E-state index contributed by atoms with van der Waals surface area (Å²) in [7, 11) is 0. The van der Waals surface area contributed by atoms with Crippen molar-refractivity contribution in [2.45, 2.75) is 46.1 Å². The Morgan fingerprint density at radius 2 is 1.74 bits per heavy atom. The number of rotatable bonds is 10. The maximum Gasteiger partial charge on any atom is 0.307 e. The molecular formula is C17H27BrN2O3. The van der Waals surface area contributed by atoms with Crippen molar-refractivity contribution < 1.29 is 35.9 Å². The van der Waals surface area contributed by atoms with Crippen molar-refractivity contribution in [1.82, 2.24) is 4.90 Å². The second-order valence-electron chi connectivity index (χ2n) is 5.10. The monoisotopic (exact) mass is 386 g/mol. The third-order valence-corrected chi connectivity index (χ3v) is 3.46. The molecule has 0 saturated carbocycles. The second-order valence-corrected chi connectivity index (χ2v) is 5.10. The van der Waals surface area contributed by atoms with Gasteiger partial charge in [-0.15, -0.1) is 0 Å². The van der Waals surface area contributed by atoms with Crippen LogP contribution in [-0.4, -0.2) is 36.5 Å². The molecular weight excluding hydrogens is 360 g/mol. The summed E-state index contributed by atoms with van der Waals surface area (Å²) >= 11 is 0. The molecule has 0 aliphatic rings. The minimum Gasteiger partial charge on any atom is -1.00 e. The zero-order valence-corrected chi connectivity index (χ0v) is 15.6. The van der Waals surface area contributed by atoms with Crippen molar-refractivity contribution in [3.63, 3.8) is 0 Å². The highest BCUT2D eigenvalue weighted by Crippen LogP contribution is 2.03. The van der Waals surface area contributed by atoms with E-state index in [2.05, 4.69) is 4.57 Å². The Hall–Kier alpha value is -1.43. The van der Waals surface area contributed by atoms with Crippen molar-refractivity contribution >= 4 is 11.9 Å². The summed E-state index contributed by atoms with van der Waals surface area (Å²) < 4.78 is 7.00. The van der Waals surface area contributed by atoms with Crippen molar-refractivity contribution in [3.8, 4) is 0 Å². The summed E-state index contributed by atoms with van der Waals surface area (Å²) in [5, 5.41) is 0. The number of nitrogens with zero attached hydrogens (tertiary/aromatic N) is 2. The van der Waals surface area contributed by atoms with Gasteiger partial charge in [0, 0.05) is 38.1 Å². The third kappa shape index (κ3) is 9.33. The van der Waals surface area contributed by atoms with Crippen LogP contribution in [0.2, 0.25) is 0 Å². The molecule has 5 nitrogen and oxygen atoms in total. The predicted octanol–water partition coefficient (Wildman–Crippen LogP) is -1.05. The summed E-state index contributed by atoms with van der Waals surface area (Å²) in [6.07, 6.45) is 6.68. The fraction of sp³-hybridized carbons (Fsp3) is 0.588. The highest BCUT2D eigenvalue weighted by Gasteiger charge is 2.13. The highest BCUT2D eigenvalue weighted by atomic mass is 79.9. The maximum atomic E-state index is 12.1. The van der Waals surface area contributed by atoms with E-state index in [9.17, 15) is 9.59 Å². The third-order valence-electron chi connectivity index (χ3n) is 3.46. The van der Waals surface area contributed by atoms with E-state index >= 15 is 0 Å². The van der Waals surface area contributed by atoms with E-state index < -0.39 is 0 Å². The van der Waals surface area contributed by atoms with Crippen LogP contribution in [-0.2, 0) is 20.9 Å². The van der Waals surface area contributed by atoms with Crippen LogP contribution in [0.5, 0.6) is 0 Å². The van der Waals surface area contributed by atoms with Gasteiger partial charge in [0.25, 0.3) is 0 Å². The summed E-state index contributed by atoms with van der Waals surface area (Å²) in [5.74, 6) is -0.126. The molecule has 0 radical (unpaired) electrons. The van der Waals surface area contributed by atoms with Crippen LogP contribution in [0.1, 0.15) is 39.5 Å². The zero-order valence-electron chi connectivity index (χ0n) is 14.0. The molecule has 130 valence electrons. The van der Waals surface area contributed by atoms with Gasteiger partial charge in [0.05, 0.1) is 13.0 Å². The molecule has 0 fully saturated rings. The van der Waals surface area contributed by atoms with Gasteiger partial charge in [0.15, 0.2) is 12.4 Å². The molecule has 1 amide bonds. The van der Waals surface area contributed by atoms with Crippen LogP contribution in [0, 0.1) is 0 Å². The molecule has 0 aliphatic heterocycles. The molecule has 23 heavy (non-hydrogen) atoms. The number of unbranched alkanes of at least 4 members (excludes halogenated alkanes) is 1. The van der Waals surface area contributed by atoms with Gasteiger partial charge in [-0.1, -0.05) is 6.07 Å². The first-order valence-electron chi connectivity index (χ1n) is 8.04. The number of hydrogen-bond acceptors (Lipinski definition) is 3. The van der Waals surface area contributed by atoms with E-state index in [0.717, 1.165) is 19.4 Å². The molecule has 0 aromatic carbocycles. The Morgan fingerprint density at radius 1 is 1.04 bits per heavy atom. The lowest BCUT2D eigenvalue weighted by Crippen LogP contribution is -3.00. The largest absolute Gasteiger partial charge is 1.00 e. The predicted molar refractivity (Wildman–Crippen MR) is 84.0 cm³/mol. The Labute approximate surface area is 149 Å². The molecule has 6 heteroatoms. The molecule has 0 bridgehead atoms. The van der Waals surface area contributed by atoms with Gasteiger partial charge in [0.2, 0.25) is 5.91 Å². The normalized spacial score (nSPS) is 9.83. The van der Waals surface area contributed by atoms with E-state index in [1.165, 1.54) is 0 Å². The number of hydrogen-bond donors (Lipinski definition) is 0. The minimum absolute atomic E-state index is 0. The fourth-order valence-electron chi connectivity index (χ4n) is 2.23. The van der Waals surface area contributed by atoms with Crippen LogP contribution >= 0.6 is 0 Å². The van der Waals surface area contributed by atoms with Crippen molar-refractivity contribution in [3.05, 3.63) is 30.6 Å². The molecule has 0 atom stereocenters. The van der Waals surface area contributed by atoms with E-state index in [0.29, 0.717) is 26.1 Å². The molecule has 0 saturated heterocycles. The van der Waals surface area contributed by atoms with Gasteiger partial charge in [0.1, 0.15) is 6.54 Å². The zero-order chi connectivity index (χ0) is 16.2. The topological polar surface area (TPSA) is 50.5 Å². The van der Waals surface area contributed by atoms with Crippen LogP contribution < -0.4 is 21.5 Å². The van der Waals surface area contributed by atoms with Gasteiger partial charge in [-0.3, -0.25) is 9.59 Å². The summed E-state index contributed by atoms with van der Waals surface area (Å²) in [6.45, 7) is 6.10. The number of pyridine rings is 1. The number of ether oxygens (including phenoxy) is 1. The van der Waals surface area contributed by atoms with Gasteiger partial charge in [-0.05, 0) is 20.3 Å². The average molecular weight is 387 g/mol. The van der Waals surface area contributed by atoms with E-state index in [4.69, 9.17) is 4.74 Å². The van der Waals surface area contributed by atoms with Gasteiger partial charge in [-0.2, -0.15) is 0 Å². The van der Waals surface area contributed by atoms with Gasteiger partial charge in [-0.25, -0.2) is 4.57 Å². The van der Waals surface area contributed by atoms with Gasteiger partial charge >= 0.3 is 5.97 Å². The molecule has 0 N–H and O–H groups in total. The van der Waals surface area contributed by atoms with Gasteiger partial charge < -0.3 is 26.6 Å². The molecule has 0 spiro atoms. The van der Waals surface area contributed by atoms with Crippen LogP contribution in [0.4, 0.5) is 0 Å². The number of esters is 1. The molecule has 0 unspecified atom stereocenters. The summed E-state index contributed by atoms with van der Waals surface area (Å²) in [5.41, 5.74) is 0. The first kappa shape index (κ1) is 21.6. The lowest BCUT2D eigenvalue weighted by molar-refractivity contribution is -0.697. The van der Waals surface area contributed by atoms with E-state index in [1.807, 2.05) is 37.5 Å². The Bertz CT molecular complexity index is 454. The molecule has 1 aromatic heterocycles. The molecule has 1 aromatic rings. The Balaban J connectivity index is 0.00000484. The van der Waals surface area contributed by atoms with Crippen molar-refractivity contribution in [2.24, 2.45) is 0 Å². The quantitative estimate of drug-likeness (QED) is 0.293. The summed E-state index contributed by atoms with van der Waals surface area (Å²) in [6, 6.07) is 5.99. The Kier molecular flexibility index (Phi) is 12.2. The number of carbonyl (C=O) groups excluding carboxylic acids is 2. The van der Waals surface area contributed by atoms with E-state index in [-0.39, 0.29) is 35.3 Å². The average Bonchev–Trinajstić information content (AvgIpc) is 2.53. The number of aromatic nitrogens is 1. The second kappa shape index (κ2) is 13.0. The van der Waals surface area contributed by atoms with Crippen molar-refractivity contribution in [1.29, 1.82) is 0 Å². The minimum atomic E-state index is -0.241. The van der Waals surface area contributed by atoms with Crippen LogP contribution in [0.15, 0.2) is 30.6 Å².